The van der Waals surface area contributed by atoms with Gasteiger partial charge in [0.25, 0.3) is 0 Å². The maximum absolute atomic E-state index is 12.9. The van der Waals surface area contributed by atoms with Gasteiger partial charge in [0.1, 0.15) is 5.75 Å². The number of fused-ring (bicyclic) bond motifs is 1. The predicted octanol–water partition coefficient (Wildman–Crippen LogP) is 2.96. The zero-order valence-electron chi connectivity index (χ0n) is 15.6. The molecule has 0 aromatic heterocycles. The van der Waals surface area contributed by atoms with E-state index in [-0.39, 0.29) is 5.91 Å². The molecule has 0 N–H and O–H groups in total. The van der Waals surface area contributed by atoms with E-state index in [2.05, 4.69) is 28.0 Å². The summed E-state index contributed by atoms with van der Waals surface area (Å²) in [5.74, 6) is 2.07. The van der Waals surface area contributed by atoms with Gasteiger partial charge in [-0.3, -0.25) is 9.69 Å². The number of rotatable bonds is 4. The van der Waals surface area contributed by atoms with E-state index in [1.807, 2.05) is 47.0 Å². The molecule has 5 nitrogen and oxygen atoms in total. The molecule has 27 heavy (non-hydrogen) atoms. The number of methoxy groups -OCH3 is 1. The summed E-state index contributed by atoms with van der Waals surface area (Å²) < 4.78 is 5.48. The Bertz CT molecular complexity index is 806. The van der Waals surface area contributed by atoms with Gasteiger partial charge >= 0.3 is 0 Å². The van der Waals surface area contributed by atoms with Crippen molar-refractivity contribution in [3.8, 4) is 5.75 Å². The van der Waals surface area contributed by atoms with E-state index in [1.54, 1.807) is 7.11 Å². The van der Waals surface area contributed by atoms with Crippen LogP contribution < -0.4 is 14.5 Å². The number of thioether (sulfide) groups is 1. The highest BCUT2D eigenvalue weighted by Gasteiger charge is 2.26. The summed E-state index contributed by atoms with van der Waals surface area (Å²) in [6.07, 6.45) is 0. The lowest BCUT2D eigenvalue weighted by molar-refractivity contribution is -0.119. The van der Waals surface area contributed by atoms with E-state index >= 15 is 0 Å². The van der Waals surface area contributed by atoms with Gasteiger partial charge in [-0.05, 0) is 24.3 Å². The zero-order valence-corrected chi connectivity index (χ0v) is 16.5. The van der Waals surface area contributed by atoms with Crippen LogP contribution in [0.2, 0.25) is 0 Å². The second-order valence-electron chi connectivity index (χ2n) is 6.80. The number of hydrogen-bond donors (Lipinski definition) is 0. The van der Waals surface area contributed by atoms with Crippen molar-refractivity contribution in [2.45, 2.75) is 4.90 Å². The lowest BCUT2D eigenvalue weighted by atomic mass is 10.2. The van der Waals surface area contributed by atoms with Gasteiger partial charge in [0.05, 0.1) is 25.0 Å². The Morgan fingerprint density at radius 1 is 0.963 bits per heavy atom. The highest BCUT2D eigenvalue weighted by atomic mass is 32.2. The smallest absolute Gasteiger partial charge is 0.241 e. The summed E-state index contributed by atoms with van der Waals surface area (Å²) in [5.41, 5.74) is 2.19. The molecule has 2 aliphatic rings. The molecule has 2 aromatic rings. The van der Waals surface area contributed by atoms with E-state index in [0.717, 1.165) is 55.6 Å². The maximum Gasteiger partial charge on any atom is 0.241 e. The van der Waals surface area contributed by atoms with Crippen LogP contribution in [0, 0.1) is 0 Å². The topological polar surface area (TPSA) is 36.0 Å². The van der Waals surface area contributed by atoms with E-state index < -0.39 is 0 Å². The Balaban J connectivity index is 1.37. The number of benzene rings is 2. The maximum atomic E-state index is 12.9. The Hall–Kier alpha value is -2.18. The van der Waals surface area contributed by atoms with E-state index in [9.17, 15) is 4.79 Å². The number of carbonyl (C=O) groups is 1. The minimum Gasteiger partial charge on any atom is -0.495 e. The van der Waals surface area contributed by atoms with Crippen molar-refractivity contribution in [2.75, 3.05) is 61.9 Å². The number of piperazine rings is 1. The SMILES string of the molecule is COc1ccccc1N1CCN(CC(=O)N2CCSc3ccccc32)CC1. The van der Waals surface area contributed by atoms with Crippen molar-refractivity contribution in [1.82, 2.24) is 4.90 Å². The summed E-state index contributed by atoms with van der Waals surface area (Å²) in [6, 6.07) is 16.3. The van der Waals surface area contributed by atoms with Crippen molar-refractivity contribution >= 4 is 29.0 Å². The van der Waals surface area contributed by atoms with Gasteiger partial charge in [0.15, 0.2) is 0 Å². The van der Waals surface area contributed by atoms with Crippen LogP contribution >= 0.6 is 11.8 Å². The second kappa shape index (κ2) is 8.23. The van der Waals surface area contributed by atoms with E-state index in [0.29, 0.717) is 6.54 Å². The predicted molar refractivity (Wildman–Crippen MR) is 111 cm³/mol. The van der Waals surface area contributed by atoms with Crippen LogP contribution in [0.1, 0.15) is 0 Å². The minimum atomic E-state index is 0.202. The van der Waals surface area contributed by atoms with Crippen LogP contribution in [0.3, 0.4) is 0 Å². The van der Waals surface area contributed by atoms with Gasteiger partial charge in [-0.2, -0.15) is 0 Å². The van der Waals surface area contributed by atoms with E-state index in [4.69, 9.17) is 4.74 Å². The minimum absolute atomic E-state index is 0.202. The Kier molecular flexibility index (Phi) is 5.55. The average Bonchev–Trinajstić information content (AvgIpc) is 2.74. The van der Waals surface area contributed by atoms with Crippen molar-refractivity contribution < 1.29 is 9.53 Å². The molecular formula is C21H25N3O2S. The fraction of sp³-hybridized carbons (Fsp3) is 0.381. The number of carbonyl (C=O) groups excluding carboxylic acids is 1. The van der Waals surface area contributed by atoms with Gasteiger partial charge in [-0.25, -0.2) is 0 Å². The molecule has 1 amide bonds. The third-order valence-electron chi connectivity index (χ3n) is 5.19. The Labute approximate surface area is 164 Å². The van der Waals surface area contributed by atoms with Crippen LogP contribution in [0.5, 0.6) is 5.75 Å². The number of hydrogen-bond acceptors (Lipinski definition) is 5. The molecule has 1 fully saturated rings. The normalized spacial score (nSPS) is 17.5. The monoisotopic (exact) mass is 383 g/mol. The molecule has 2 aliphatic heterocycles. The van der Waals surface area contributed by atoms with Crippen molar-refractivity contribution in [3.63, 3.8) is 0 Å². The molecule has 0 aliphatic carbocycles. The van der Waals surface area contributed by atoms with E-state index in [1.165, 1.54) is 4.90 Å². The van der Waals surface area contributed by atoms with Crippen LogP contribution in [0.4, 0.5) is 11.4 Å². The molecule has 0 spiro atoms. The molecule has 1 saturated heterocycles. The Morgan fingerprint density at radius 2 is 1.67 bits per heavy atom. The fourth-order valence-electron chi connectivity index (χ4n) is 3.74. The molecule has 0 bridgehead atoms. The lowest BCUT2D eigenvalue weighted by Gasteiger charge is -2.37. The quantitative estimate of drug-likeness (QED) is 0.811. The molecule has 2 heterocycles. The van der Waals surface area contributed by atoms with Crippen molar-refractivity contribution in [2.24, 2.45) is 0 Å². The number of amides is 1. The number of anilines is 2. The molecule has 142 valence electrons. The molecule has 4 rings (SSSR count). The van der Waals surface area contributed by atoms with Crippen molar-refractivity contribution in [3.05, 3.63) is 48.5 Å². The summed E-state index contributed by atoms with van der Waals surface area (Å²) >= 11 is 1.83. The largest absolute Gasteiger partial charge is 0.495 e. The Morgan fingerprint density at radius 3 is 2.44 bits per heavy atom. The summed E-state index contributed by atoms with van der Waals surface area (Å²) in [5, 5.41) is 0. The first-order valence-electron chi connectivity index (χ1n) is 9.39. The van der Waals surface area contributed by atoms with Crippen LogP contribution in [-0.2, 0) is 4.79 Å². The third kappa shape index (κ3) is 3.92. The molecule has 0 unspecified atom stereocenters. The standard InChI is InChI=1S/C21H25N3O2S/c1-26-19-8-4-2-6-17(19)23-12-10-22(11-13-23)16-21(25)24-14-15-27-20-9-5-3-7-18(20)24/h2-9H,10-16H2,1H3. The highest BCUT2D eigenvalue weighted by molar-refractivity contribution is 7.99. The van der Waals surface area contributed by atoms with Crippen LogP contribution in [-0.4, -0.2) is 62.9 Å². The summed E-state index contributed by atoms with van der Waals surface area (Å²) in [6.45, 7) is 4.85. The zero-order chi connectivity index (χ0) is 18.6. The second-order valence-corrected chi connectivity index (χ2v) is 7.93. The first-order valence-corrected chi connectivity index (χ1v) is 10.4. The molecule has 0 radical (unpaired) electrons. The third-order valence-corrected chi connectivity index (χ3v) is 6.23. The molecule has 0 atom stereocenters. The fourth-order valence-corrected chi connectivity index (χ4v) is 4.74. The molecule has 6 heteroatoms. The number of para-hydroxylation sites is 3. The summed E-state index contributed by atoms with van der Waals surface area (Å²) in [7, 11) is 1.71. The number of ether oxygens (including phenoxy) is 1. The molecule has 0 saturated carbocycles. The number of nitrogens with zero attached hydrogens (tertiary/aromatic N) is 3. The van der Waals surface area contributed by atoms with Gasteiger partial charge in [0.2, 0.25) is 5.91 Å². The first-order chi connectivity index (χ1) is 13.3. The lowest BCUT2D eigenvalue weighted by Crippen LogP contribution is -2.50. The first kappa shape index (κ1) is 18.2. The molecular weight excluding hydrogens is 358 g/mol. The van der Waals surface area contributed by atoms with Crippen molar-refractivity contribution in [1.29, 1.82) is 0 Å². The summed E-state index contributed by atoms with van der Waals surface area (Å²) in [4.78, 5) is 20.7. The average molecular weight is 384 g/mol. The van der Waals surface area contributed by atoms with Gasteiger partial charge in [0, 0.05) is 43.4 Å². The van der Waals surface area contributed by atoms with Gasteiger partial charge in [-0.15, -0.1) is 11.8 Å². The van der Waals surface area contributed by atoms with Crippen LogP contribution in [0.15, 0.2) is 53.4 Å². The van der Waals surface area contributed by atoms with Gasteiger partial charge in [-0.1, -0.05) is 24.3 Å². The van der Waals surface area contributed by atoms with Gasteiger partial charge < -0.3 is 14.5 Å². The van der Waals surface area contributed by atoms with Crippen LogP contribution in [0.25, 0.3) is 0 Å². The highest BCUT2D eigenvalue weighted by Crippen LogP contribution is 2.34. The molecule has 2 aromatic carbocycles.